The lowest BCUT2D eigenvalue weighted by molar-refractivity contribution is -0.124. The van der Waals surface area contributed by atoms with E-state index in [4.69, 9.17) is 4.74 Å². The summed E-state index contributed by atoms with van der Waals surface area (Å²) >= 11 is 0. The van der Waals surface area contributed by atoms with Crippen molar-refractivity contribution in [2.24, 2.45) is 0 Å². The quantitative estimate of drug-likeness (QED) is 0.863. The summed E-state index contributed by atoms with van der Waals surface area (Å²) in [7, 11) is 0. The van der Waals surface area contributed by atoms with Crippen LogP contribution in [0.5, 0.6) is 0 Å². The maximum atomic E-state index is 12.9. The first-order valence-electron chi connectivity index (χ1n) is 9.00. The molecular formula is C19H24N4O3. The summed E-state index contributed by atoms with van der Waals surface area (Å²) in [6, 6.07) is 9.42. The molecule has 0 bridgehead atoms. The second kappa shape index (κ2) is 8.14. The number of carbonyl (C=O) groups is 2. The molecule has 2 heterocycles. The number of hydrogen-bond acceptors (Lipinski definition) is 4. The Hall–Kier alpha value is -2.67. The highest BCUT2D eigenvalue weighted by Gasteiger charge is 2.28. The Morgan fingerprint density at radius 1 is 1.27 bits per heavy atom. The van der Waals surface area contributed by atoms with Crippen LogP contribution in [0.25, 0.3) is 5.69 Å². The molecule has 2 aromatic rings. The van der Waals surface area contributed by atoms with Crippen LogP contribution in [0.4, 0.5) is 5.82 Å². The maximum Gasteiger partial charge on any atom is 0.259 e. The molecule has 1 fully saturated rings. The van der Waals surface area contributed by atoms with E-state index in [0.29, 0.717) is 37.5 Å². The molecule has 2 amide bonds. The van der Waals surface area contributed by atoms with E-state index in [9.17, 15) is 9.59 Å². The van der Waals surface area contributed by atoms with Crippen LogP contribution in [0.3, 0.4) is 0 Å². The van der Waals surface area contributed by atoms with Gasteiger partial charge < -0.3 is 15.0 Å². The van der Waals surface area contributed by atoms with E-state index < -0.39 is 6.10 Å². The molecule has 1 atom stereocenters. The molecule has 1 unspecified atom stereocenters. The van der Waals surface area contributed by atoms with Crippen molar-refractivity contribution in [3.05, 3.63) is 42.1 Å². The number of para-hydroxylation sites is 1. The fourth-order valence-corrected chi connectivity index (χ4v) is 3.05. The van der Waals surface area contributed by atoms with E-state index in [-0.39, 0.29) is 11.8 Å². The number of amides is 2. The Labute approximate surface area is 152 Å². The molecule has 0 saturated carbocycles. The minimum Gasteiger partial charge on any atom is -0.368 e. The average Bonchev–Trinajstić information content (AvgIpc) is 3.33. The first kappa shape index (κ1) is 18.1. The molecule has 0 spiro atoms. The SMILES string of the molecule is CCN(CC)C(=O)c1cnn(-c2ccccc2)c1NC(=O)C1CCCO1. The predicted molar refractivity (Wildman–Crippen MR) is 98.4 cm³/mol. The minimum atomic E-state index is -0.481. The van der Waals surface area contributed by atoms with E-state index in [2.05, 4.69) is 10.4 Å². The van der Waals surface area contributed by atoms with Crippen LogP contribution >= 0.6 is 0 Å². The van der Waals surface area contributed by atoms with Gasteiger partial charge in [-0.15, -0.1) is 0 Å². The number of nitrogens with one attached hydrogen (secondary N) is 1. The maximum absolute atomic E-state index is 12.9. The minimum absolute atomic E-state index is 0.153. The Morgan fingerprint density at radius 2 is 2.00 bits per heavy atom. The Morgan fingerprint density at radius 3 is 2.62 bits per heavy atom. The predicted octanol–water partition coefficient (Wildman–Crippen LogP) is 2.47. The van der Waals surface area contributed by atoms with Crippen LogP contribution in [0.1, 0.15) is 37.0 Å². The van der Waals surface area contributed by atoms with Gasteiger partial charge >= 0.3 is 0 Å². The summed E-state index contributed by atoms with van der Waals surface area (Å²) in [6.45, 7) is 5.61. The topological polar surface area (TPSA) is 76.5 Å². The van der Waals surface area contributed by atoms with Crippen molar-refractivity contribution in [1.29, 1.82) is 0 Å². The van der Waals surface area contributed by atoms with Gasteiger partial charge in [0.15, 0.2) is 0 Å². The summed E-state index contributed by atoms with van der Waals surface area (Å²) in [6.07, 6.45) is 2.58. The number of aromatic nitrogens is 2. The molecule has 7 nitrogen and oxygen atoms in total. The smallest absolute Gasteiger partial charge is 0.259 e. The number of nitrogens with zero attached hydrogens (tertiary/aromatic N) is 3. The van der Waals surface area contributed by atoms with Crippen LogP contribution in [-0.2, 0) is 9.53 Å². The zero-order valence-electron chi connectivity index (χ0n) is 15.1. The molecule has 1 aromatic carbocycles. The van der Waals surface area contributed by atoms with E-state index in [0.717, 1.165) is 12.1 Å². The first-order chi connectivity index (χ1) is 12.7. The standard InChI is InChI=1S/C19H24N4O3/c1-3-22(4-2)19(25)15-13-20-23(14-9-6-5-7-10-14)17(15)21-18(24)16-11-8-12-26-16/h5-7,9-10,13,16H,3-4,8,11-12H2,1-2H3,(H,21,24). The largest absolute Gasteiger partial charge is 0.368 e. The molecule has 1 aliphatic heterocycles. The van der Waals surface area contributed by atoms with Crippen LogP contribution in [0.2, 0.25) is 0 Å². The van der Waals surface area contributed by atoms with Gasteiger partial charge in [0.1, 0.15) is 17.5 Å². The van der Waals surface area contributed by atoms with Gasteiger partial charge in [0.25, 0.3) is 11.8 Å². The van der Waals surface area contributed by atoms with Gasteiger partial charge in [0.2, 0.25) is 0 Å². The van der Waals surface area contributed by atoms with Crippen molar-refractivity contribution >= 4 is 17.6 Å². The molecule has 7 heteroatoms. The zero-order chi connectivity index (χ0) is 18.5. The van der Waals surface area contributed by atoms with E-state index in [1.54, 1.807) is 9.58 Å². The van der Waals surface area contributed by atoms with Gasteiger partial charge in [-0.1, -0.05) is 18.2 Å². The second-order valence-corrected chi connectivity index (χ2v) is 6.12. The van der Waals surface area contributed by atoms with Crippen LogP contribution < -0.4 is 5.32 Å². The number of rotatable bonds is 6. The molecule has 1 aromatic heterocycles. The van der Waals surface area contributed by atoms with Crippen molar-refractivity contribution in [2.75, 3.05) is 25.0 Å². The van der Waals surface area contributed by atoms with Gasteiger partial charge in [-0.3, -0.25) is 9.59 Å². The summed E-state index contributed by atoms with van der Waals surface area (Å²) < 4.78 is 7.05. The molecule has 1 N–H and O–H groups in total. The van der Waals surface area contributed by atoms with E-state index >= 15 is 0 Å². The lowest BCUT2D eigenvalue weighted by atomic mass is 10.2. The zero-order valence-corrected chi connectivity index (χ0v) is 15.1. The number of ether oxygens (including phenoxy) is 1. The molecule has 1 saturated heterocycles. The Balaban J connectivity index is 1.97. The Kier molecular flexibility index (Phi) is 5.68. The van der Waals surface area contributed by atoms with Crippen LogP contribution in [0, 0.1) is 0 Å². The summed E-state index contributed by atoms with van der Waals surface area (Å²) in [4.78, 5) is 27.1. The highest BCUT2D eigenvalue weighted by molar-refractivity contribution is 6.04. The normalized spacial score (nSPS) is 16.5. The third-order valence-corrected chi connectivity index (χ3v) is 4.51. The summed E-state index contributed by atoms with van der Waals surface area (Å²) in [5.41, 5.74) is 1.15. The van der Waals surface area contributed by atoms with E-state index in [1.807, 2.05) is 44.2 Å². The van der Waals surface area contributed by atoms with E-state index in [1.165, 1.54) is 6.20 Å². The monoisotopic (exact) mass is 356 g/mol. The Bertz CT molecular complexity index is 762. The van der Waals surface area contributed by atoms with Crippen LogP contribution in [0.15, 0.2) is 36.5 Å². The van der Waals surface area contributed by atoms with Crippen molar-refractivity contribution in [3.8, 4) is 5.69 Å². The second-order valence-electron chi connectivity index (χ2n) is 6.12. The van der Waals surface area contributed by atoms with Gasteiger partial charge in [-0.25, -0.2) is 4.68 Å². The van der Waals surface area contributed by atoms with Crippen molar-refractivity contribution in [3.63, 3.8) is 0 Å². The van der Waals surface area contributed by atoms with Gasteiger partial charge in [0, 0.05) is 19.7 Å². The molecule has 3 rings (SSSR count). The number of carbonyl (C=O) groups excluding carboxylic acids is 2. The van der Waals surface area contributed by atoms with Crippen molar-refractivity contribution in [2.45, 2.75) is 32.8 Å². The summed E-state index contributed by atoms with van der Waals surface area (Å²) in [5, 5.41) is 7.22. The fourth-order valence-electron chi connectivity index (χ4n) is 3.05. The number of benzene rings is 1. The third-order valence-electron chi connectivity index (χ3n) is 4.51. The van der Waals surface area contributed by atoms with Crippen LogP contribution in [-0.4, -0.2) is 52.3 Å². The lowest BCUT2D eigenvalue weighted by Crippen LogP contribution is -2.33. The highest BCUT2D eigenvalue weighted by atomic mass is 16.5. The molecule has 26 heavy (non-hydrogen) atoms. The molecular weight excluding hydrogens is 332 g/mol. The van der Waals surface area contributed by atoms with Gasteiger partial charge in [-0.05, 0) is 38.8 Å². The van der Waals surface area contributed by atoms with Gasteiger partial charge in [-0.2, -0.15) is 5.10 Å². The van der Waals surface area contributed by atoms with Crippen molar-refractivity contribution in [1.82, 2.24) is 14.7 Å². The number of anilines is 1. The molecule has 138 valence electrons. The number of hydrogen-bond donors (Lipinski definition) is 1. The third kappa shape index (κ3) is 3.62. The lowest BCUT2D eigenvalue weighted by Gasteiger charge is -2.19. The van der Waals surface area contributed by atoms with Gasteiger partial charge in [0.05, 0.1) is 11.9 Å². The molecule has 1 aliphatic rings. The summed E-state index contributed by atoms with van der Waals surface area (Å²) in [5.74, 6) is -0.0119. The highest BCUT2D eigenvalue weighted by Crippen LogP contribution is 2.23. The first-order valence-corrected chi connectivity index (χ1v) is 9.00. The fraction of sp³-hybridized carbons (Fsp3) is 0.421. The average molecular weight is 356 g/mol. The van der Waals surface area contributed by atoms with Crippen molar-refractivity contribution < 1.29 is 14.3 Å². The molecule has 0 radical (unpaired) electrons. The molecule has 0 aliphatic carbocycles.